The van der Waals surface area contributed by atoms with Crippen molar-refractivity contribution in [1.82, 2.24) is 19.1 Å². The maximum atomic E-state index is 12.9. The van der Waals surface area contributed by atoms with E-state index in [1.54, 1.807) is 15.1 Å². The van der Waals surface area contributed by atoms with Crippen molar-refractivity contribution in [2.45, 2.75) is 38.0 Å². The Labute approximate surface area is 131 Å². The summed E-state index contributed by atoms with van der Waals surface area (Å²) in [5.41, 5.74) is 1.51. The predicted molar refractivity (Wildman–Crippen MR) is 85.0 cm³/mol. The largest absolute Gasteiger partial charge is 0.250 e. The van der Waals surface area contributed by atoms with Crippen LogP contribution in [0.4, 0.5) is 0 Å². The van der Waals surface area contributed by atoms with Gasteiger partial charge in [-0.3, -0.25) is 4.68 Å². The van der Waals surface area contributed by atoms with E-state index < -0.39 is 10.0 Å². The van der Waals surface area contributed by atoms with Crippen LogP contribution in [0.1, 0.15) is 31.9 Å². The fourth-order valence-electron chi connectivity index (χ4n) is 3.06. The van der Waals surface area contributed by atoms with E-state index in [0.717, 1.165) is 30.3 Å². The van der Waals surface area contributed by atoms with E-state index in [1.165, 1.54) is 6.20 Å². The lowest BCUT2D eigenvalue weighted by atomic mass is 10.0. The standard InChI is InChI=1S/C15H22N4O2S/c1-11-5-4-7-19(8-6-11)22(20,21)13-9-14-12(2)17-18(3)15(14)16-10-13/h9-11H,4-8H2,1-3H3. The van der Waals surface area contributed by atoms with Crippen molar-refractivity contribution in [3.05, 3.63) is 18.0 Å². The molecular weight excluding hydrogens is 300 g/mol. The number of fused-ring (bicyclic) bond motifs is 1. The Morgan fingerprint density at radius 2 is 2.05 bits per heavy atom. The highest BCUT2D eigenvalue weighted by Crippen LogP contribution is 2.25. The molecule has 1 saturated heterocycles. The van der Waals surface area contributed by atoms with E-state index in [-0.39, 0.29) is 4.90 Å². The highest BCUT2D eigenvalue weighted by atomic mass is 32.2. The second-order valence-electron chi connectivity index (χ2n) is 6.19. The zero-order chi connectivity index (χ0) is 15.9. The lowest BCUT2D eigenvalue weighted by Crippen LogP contribution is -2.32. The summed E-state index contributed by atoms with van der Waals surface area (Å²) in [7, 11) is -1.66. The Balaban J connectivity index is 1.99. The summed E-state index contributed by atoms with van der Waals surface area (Å²) in [6.45, 7) is 5.24. The van der Waals surface area contributed by atoms with Crippen molar-refractivity contribution in [3.8, 4) is 0 Å². The van der Waals surface area contributed by atoms with Gasteiger partial charge in [0.1, 0.15) is 4.90 Å². The molecule has 0 saturated carbocycles. The first-order valence-corrected chi connectivity index (χ1v) is 9.13. The van der Waals surface area contributed by atoms with Crippen LogP contribution in [0.5, 0.6) is 0 Å². The Bertz CT molecular complexity index is 797. The van der Waals surface area contributed by atoms with Gasteiger partial charge in [0, 0.05) is 31.7 Å². The number of hydrogen-bond donors (Lipinski definition) is 0. The van der Waals surface area contributed by atoms with E-state index >= 15 is 0 Å². The summed E-state index contributed by atoms with van der Waals surface area (Å²) >= 11 is 0. The predicted octanol–water partition coefficient (Wildman–Crippen LogP) is 2.09. The fraction of sp³-hybridized carbons (Fsp3) is 0.600. The average molecular weight is 322 g/mol. The van der Waals surface area contributed by atoms with Crippen LogP contribution in [0, 0.1) is 12.8 Å². The minimum Gasteiger partial charge on any atom is -0.250 e. The number of nitrogens with zero attached hydrogens (tertiary/aromatic N) is 4. The summed E-state index contributed by atoms with van der Waals surface area (Å²) < 4.78 is 29.0. The number of aryl methyl sites for hydroxylation is 2. The molecule has 1 aliphatic rings. The topological polar surface area (TPSA) is 68.1 Å². The molecule has 1 fully saturated rings. The van der Waals surface area contributed by atoms with E-state index in [0.29, 0.717) is 24.7 Å². The van der Waals surface area contributed by atoms with Crippen LogP contribution in [0.2, 0.25) is 0 Å². The van der Waals surface area contributed by atoms with Gasteiger partial charge >= 0.3 is 0 Å². The lowest BCUT2D eigenvalue weighted by molar-refractivity contribution is 0.416. The molecule has 22 heavy (non-hydrogen) atoms. The highest BCUT2D eigenvalue weighted by Gasteiger charge is 2.27. The van der Waals surface area contributed by atoms with Crippen LogP contribution in [0.25, 0.3) is 11.0 Å². The summed E-state index contributed by atoms with van der Waals surface area (Å²) in [5, 5.41) is 5.09. The molecule has 7 heteroatoms. The van der Waals surface area contributed by atoms with Gasteiger partial charge in [-0.2, -0.15) is 9.40 Å². The van der Waals surface area contributed by atoms with Gasteiger partial charge in [-0.25, -0.2) is 13.4 Å². The molecule has 6 nitrogen and oxygen atoms in total. The molecule has 0 aliphatic carbocycles. The van der Waals surface area contributed by atoms with Crippen molar-refractivity contribution >= 4 is 21.1 Å². The first kappa shape index (κ1) is 15.4. The summed E-state index contributed by atoms with van der Waals surface area (Å²) in [6, 6.07) is 1.70. The quantitative estimate of drug-likeness (QED) is 0.849. The lowest BCUT2D eigenvalue weighted by Gasteiger charge is -2.19. The molecule has 1 atom stereocenters. The molecule has 1 unspecified atom stereocenters. The molecule has 0 spiro atoms. The maximum Gasteiger partial charge on any atom is 0.244 e. The zero-order valence-corrected chi connectivity index (χ0v) is 14.1. The zero-order valence-electron chi connectivity index (χ0n) is 13.3. The molecule has 2 aromatic heterocycles. The second kappa shape index (κ2) is 5.62. The fourth-order valence-corrected chi connectivity index (χ4v) is 4.52. The number of aromatic nitrogens is 3. The van der Waals surface area contributed by atoms with Gasteiger partial charge in [0.2, 0.25) is 10.0 Å². The number of sulfonamides is 1. The van der Waals surface area contributed by atoms with Gasteiger partial charge in [0.15, 0.2) is 5.65 Å². The number of hydrogen-bond acceptors (Lipinski definition) is 4. The van der Waals surface area contributed by atoms with Gasteiger partial charge in [0.05, 0.1) is 5.69 Å². The summed E-state index contributed by atoms with van der Waals surface area (Å²) in [6.07, 6.45) is 4.38. The number of pyridine rings is 1. The van der Waals surface area contributed by atoms with Gasteiger partial charge in [-0.1, -0.05) is 6.92 Å². The van der Waals surface area contributed by atoms with Gasteiger partial charge in [0.25, 0.3) is 0 Å². The van der Waals surface area contributed by atoms with E-state index in [4.69, 9.17) is 0 Å². The molecule has 0 bridgehead atoms. The molecule has 0 radical (unpaired) electrons. The highest BCUT2D eigenvalue weighted by molar-refractivity contribution is 7.89. The summed E-state index contributed by atoms with van der Waals surface area (Å²) in [4.78, 5) is 4.56. The van der Waals surface area contributed by atoms with Crippen molar-refractivity contribution < 1.29 is 8.42 Å². The van der Waals surface area contributed by atoms with E-state index in [9.17, 15) is 8.42 Å². The van der Waals surface area contributed by atoms with Gasteiger partial charge in [-0.05, 0) is 38.2 Å². The van der Waals surface area contributed by atoms with Crippen molar-refractivity contribution in [3.63, 3.8) is 0 Å². The van der Waals surface area contributed by atoms with Crippen molar-refractivity contribution in [2.24, 2.45) is 13.0 Å². The van der Waals surface area contributed by atoms with Crippen LogP contribution in [0.3, 0.4) is 0 Å². The second-order valence-corrected chi connectivity index (χ2v) is 8.13. The molecule has 3 heterocycles. The Kier molecular flexibility index (Phi) is 3.94. The van der Waals surface area contributed by atoms with Crippen molar-refractivity contribution in [1.29, 1.82) is 0 Å². The van der Waals surface area contributed by atoms with E-state index in [1.807, 2.05) is 14.0 Å². The Morgan fingerprint density at radius 3 is 2.82 bits per heavy atom. The molecule has 2 aromatic rings. The SMILES string of the molecule is Cc1nn(C)c2ncc(S(=O)(=O)N3CCCC(C)CC3)cc12. The molecule has 0 amide bonds. The van der Waals surface area contributed by atoms with Crippen LogP contribution in [0.15, 0.2) is 17.2 Å². The first-order valence-electron chi connectivity index (χ1n) is 7.69. The minimum absolute atomic E-state index is 0.269. The molecule has 120 valence electrons. The van der Waals surface area contributed by atoms with Crippen LogP contribution < -0.4 is 0 Å². The number of rotatable bonds is 2. The molecule has 0 N–H and O–H groups in total. The van der Waals surface area contributed by atoms with Crippen LogP contribution >= 0.6 is 0 Å². The third kappa shape index (κ3) is 2.63. The third-order valence-corrected chi connectivity index (χ3v) is 6.32. The Morgan fingerprint density at radius 1 is 1.27 bits per heavy atom. The van der Waals surface area contributed by atoms with Crippen LogP contribution in [-0.2, 0) is 17.1 Å². The van der Waals surface area contributed by atoms with E-state index in [2.05, 4.69) is 17.0 Å². The maximum absolute atomic E-state index is 12.9. The molecule has 0 aromatic carbocycles. The third-order valence-electron chi connectivity index (χ3n) is 4.45. The summed E-state index contributed by atoms with van der Waals surface area (Å²) in [5.74, 6) is 0.585. The Hall–Kier alpha value is -1.47. The molecule has 1 aliphatic heterocycles. The van der Waals surface area contributed by atoms with Crippen LogP contribution in [-0.4, -0.2) is 40.6 Å². The van der Waals surface area contributed by atoms with Crippen molar-refractivity contribution in [2.75, 3.05) is 13.1 Å². The van der Waals surface area contributed by atoms with Gasteiger partial charge < -0.3 is 0 Å². The smallest absolute Gasteiger partial charge is 0.244 e. The van der Waals surface area contributed by atoms with Gasteiger partial charge in [-0.15, -0.1) is 0 Å². The normalized spacial score (nSPS) is 21.1. The monoisotopic (exact) mass is 322 g/mol. The minimum atomic E-state index is -3.47. The first-order chi connectivity index (χ1) is 10.4. The molecular formula is C15H22N4O2S. The average Bonchev–Trinajstić information content (AvgIpc) is 2.65. The molecule has 3 rings (SSSR count).